The first kappa shape index (κ1) is 20.2. The first-order valence-corrected chi connectivity index (χ1v) is 10.00. The van der Waals surface area contributed by atoms with Crippen LogP contribution in [0.25, 0.3) is 0 Å². The van der Waals surface area contributed by atoms with Gasteiger partial charge in [0.1, 0.15) is 0 Å². The Morgan fingerprint density at radius 1 is 1.14 bits per heavy atom. The average molecular weight is 386 g/mol. The fourth-order valence-electron chi connectivity index (χ4n) is 3.72. The molecule has 0 bridgehead atoms. The molecule has 7 heteroatoms. The van der Waals surface area contributed by atoms with Crippen molar-refractivity contribution < 1.29 is 14.0 Å². The van der Waals surface area contributed by atoms with Gasteiger partial charge in [-0.15, -0.1) is 0 Å². The highest BCUT2D eigenvalue weighted by atomic mass is 16.3. The van der Waals surface area contributed by atoms with Crippen LogP contribution >= 0.6 is 0 Å². The van der Waals surface area contributed by atoms with Gasteiger partial charge < -0.3 is 14.2 Å². The second-order valence-corrected chi connectivity index (χ2v) is 7.88. The zero-order chi connectivity index (χ0) is 20.3. The standard InChI is InChI=1S/C21H30N4O3/c1-15(2)14-25-17(4)18(16(3)22-25)7-8-20(26)23-9-11-24(12-10-23)21(27)19-6-5-13-28-19/h5-6,13,15H,7-12,14H2,1-4H3. The number of furan rings is 1. The van der Waals surface area contributed by atoms with Crippen LogP contribution in [-0.2, 0) is 17.8 Å². The Morgan fingerprint density at radius 3 is 2.43 bits per heavy atom. The van der Waals surface area contributed by atoms with Gasteiger partial charge in [0.25, 0.3) is 5.91 Å². The zero-order valence-corrected chi connectivity index (χ0v) is 17.3. The summed E-state index contributed by atoms with van der Waals surface area (Å²) >= 11 is 0. The molecule has 0 aromatic carbocycles. The third-order valence-electron chi connectivity index (χ3n) is 5.31. The van der Waals surface area contributed by atoms with E-state index < -0.39 is 0 Å². The third-order valence-corrected chi connectivity index (χ3v) is 5.31. The Bertz CT molecular complexity index is 815. The highest BCUT2D eigenvalue weighted by molar-refractivity contribution is 5.91. The van der Waals surface area contributed by atoms with Crippen molar-refractivity contribution in [2.75, 3.05) is 26.2 Å². The number of nitrogens with zero attached hydrogens (tertiary/aromatic N) is 4. The van der Waals surface area contributed by atoms with Crippen molar-refractivity contribution in [1.82, 2.24) is 19.6 Å². The van der Waals surface area contributed by atoms with Crippen molar-refractivity contribution in [3.05, 3.63) is 41.1 Å². The summed E-state index contributed by atoms with van der Waals surface area (Å²) in [4.78, 5) is 28.6. The first-order chi connectivity index (χ1) is 13.4. The van der Waals surface area contributed by atoms with Crippen LogP contribution in [0.5, 0.6) is 0 Å². The van der Waals surface area contributed by atoms with Crippen LogP contribution in [0.3, 0.4) is 0 Å². The topological polar surface area (TPSA) is 71.6 Å². The van der Waals surface area contributed by atoms with Crippen LogP contribution in [0, 0.1) is 19.8 Å². The summed E-state index contributed by atoms with van der Waals surface area (Å²) in [6.07, 6.45) is 2.68. The van der Waals surface area contributed by atoms with Gasteiger partial charge in [0.15, 0.2) is 5.76 Å². The van der Waals surface area contributed by atoms with Crippen LogP contribution in [0.2, 0.25) is 0 Å². The predicted octanol–water partition coefficient (Wildman–Crippen LogP) is 2.67. The highest BCUT2D eigenvalue weighted by Gasteiger charge is 2.26. The van der Waals surface area contributed by atoms with Crippen LogP contribution in [0.4, 0.5) is 0 Å². The Morgan fingerprint density at radius 2 is 1.82 bits per heavy atom. The van der Waals surface area contributed by atoms with Crippen molar-refractivity contribution in [2.24, 2.45) is 5.92 Å². The molecule has 1 aliphatic rings. The summed E-state index contributed by atoms with van der Waals surface area (Å²) < 4.78 is 7.23. The number of amides is 2. The number of rotatable bonds is 6. The minimum atomic E-state index is -0.110. The van der Waals surface area contributed by atoms with Crippen LogP contribution in [0.1, 0.15) is 47.8 Å². The molecule has 0 saturated carbocycles. The molecule has 0 atom stereocenters. The Labute approximate surface area is 166 Å². The van der Waals surface area contributed by atoms with Gasteiger partial charge in [-0.2, -0.15) is 5.10 Å². The van der Waals surface area contributed by atoms with E-state index in [1.54, 1.807) is 17.0 Å². The SMILES string of the molecule is Cc1nn(CC(C)C)c(C)c1CCC(=O)N1CCN(C(=O)c2ccco2)CC1. The number of carbonyl (C=O) groups is 2. The van der Waals surface area contributed by atoms with E-state index in [0.29, 0.717) is 50.7 Å². The molecule has 2 amide bonds. The lowest BCUT2D eigenvalue weighted by Crippen LogP contribution is -2.50. The Balaban J connectivity index is 1.51. The molecule has 152 valence electrons. The van der Waals surface area contributed by atoms with Crippen molar-refractivity contribution in [3.63, 3.8) is 0 Å². The van der Waals surface area contributed by atoms with E-state index in [9.17, 15) is 9.59 Å². The first-order valence-electron chi connectivity index (χ1n) is 10.00. The number of aryl methyl sites for hydroxylation is 1. The molecule has 2 aromatic rings. The lowest BCUT2D eigenvalue weighted by atomic mass is 10.1. The maximum Gasteiger partial charge on any atom is 0.289 e. The van der Waals surface area contributed by atoms with Crippen LogP contribution < -0.4 is 0 Å². The lowest BCUT2D eigenvalue weighted by molar-refractivity contribution is -0.132. The van der Waals surface area contributed by atoms with Crippen LogP contribution in [-0.4, -0.2) is 57.6 Å². The van der Waals surface area contributed by atoms with E-state index in [0.717, 1.165) is 17.9 Å². The molecule has 0 radical (unpaired) electrons. The zero-order valence-electron chi connectivity index (χ0n) is 17.3. The van der Waals surface area contributed by atoms with E-state index in [1.807, 2.05) is 11.8 Å². The lowest BCUT2D eigenvalue weighted by Gasteiger charge is -2.34. The summed E-state index contributed by atoms with van der Waals surface area (Å²) in [5, 5.41) is 4.63. The molecule has 1 aliphatic heterocycles. The summed E-state index contributed by atoms with van der Waals surface area (Å²) in [6.45, 7) is 11.6. The van der Waals surface area contributed by atoms with E-state index in [-0.39, 0.29) is 11.8 Å². The smallest absolute Gasteiger partial charge is 0.289 e. The van der Waals surface area contributed by atoms with E-state index in [1.165, 1.54) is 11.8 Å². The normalized spacial score (nSPS) is 14.8. The molecule has 3 rings (SSSR count). The molecule has 1 fully saturated rings. The highest BCUT2D eigenvalue weighted by Crippen LogP contribution is 2.18. The van der Waals surface area contributed by atoms with Gasteiger partial charge in [0.2, 0.25) is 5.91 Å². The maximum atomic E-state index is 12.7. The van der Waals surface area contributed by atoms with E-state index >= 15 is 0 Å². The fraction of sp³-hybridized carbons (Fsp3) is 0.571. The fourth-order valence-corrected chi connectivity index (χ4v) is 3.72. The van der Waals surface area contributed by atoms with Gasteiger partial charge in [-0.05, 0) is 43.9 Å². The van der Waals surface area contributed by atoms with E-state index in [4.69, 9.17) is 4.42 Å². The molecule has 3 heterocycles. The number of aromatic nitrogens is 2. The number of piperazine rings is 1. The molecule has 1 saturated heterocycles. The van der Waals surface area contributed by atoms with Crippen molar-refractivity contribution in [3.8, 4) is 0 Å². The monoisotopic (exact) mass is 386 g/mol. The molecular formula is C21H30N4O3. The van der Waals surface area contributed by atoms with Gasteiger partial charge in [-0.25, -0.2) is 0 Å². The van der Waals surface area contributed by atoms with Crippen molar-refractivity contribution >= 4 is 11.8 Å². The molecule has 2 aromatic heterocycles. The minimum Gasteiger partial charge on any atom is -0.459 e. The largest absolute Gasteiger partial charge is 0.459 e. The predicted molar refractivity (Wildman–Crippen MR) is 106 cm³/mol. The molecule has 0 aliphatic carbocycles. The molecule has 0 unspecified atom stereocenters. The second-order valence-electron chi connectivity index (χ2n) is 7.88. The van der Waals surface area contributed by atoms with Gasteiger partial charge in [-0.3, -0.25) is 14.3 Å². The number of hydrogen-bond donors (Lipinski definition) is 0. The van der Waals surface area contributed by atoms with Gasteiger partial charge in [0, 0.05) is 44.8 Å². The number of hydrogen-bond acceptors (Lipinski definition) is 4. The van der Waals surface area contributed by atoms with Gasteiger partial charge in [-0.1, -0.05) is 13.8 Å². The quantitative estimate of drug-likeness (QED) is 0.765. The average Bonchev–Trinajstić information content (AvgIpc) is 3.29. The van der Waals surface area contributed by atoms with Crippen LogP contribution in [0.15, 0.2) is 22.8 Å². The minimum absolute atomic E-state index is 0.110. The Hall–Kier alpha value is -2.57. The Kier molecular flexibility index (Phi) is 6.21. The van der Waals surface area contributed by atoms with Gasteiger partial charge >= 0.3 is 0 Å². The van der Waals surface area contributed by atoms with Crippen molar-refractivity contribution in [1.29, 1.82) is 0 Å². The number of carbonyl (C=O) groups excluding carboxylic acids is 2. The summed E-state index contributed by atoms with van der Waals surface area (Å²) in [5.74, 6) is 0.915. The molecule has 0 spiro atoms. The molecule has 0 N–H and O–H groups in total. The van der Waals surface area contributed by atoms with E-state index in [2.05, 4.69) is 30.6 Å². The van der Waals surface area contributed by atoms with Crippen molar-refractivity contribution in [2.45, 2.75) is 47.1 Å². The molecule has 28 heavy (non-hydrogen) atoms. The maximum absolute atomic E-state index is 12.7. The second kappa shape index (κ2) is 8.63. The third kappa shape index (κ3) is 4.46. The summed E-state index contributed by atoms with van der Waals surface area (Å²) in [7, 11) is 0. The molecule has 7 nitrogen and oxygen atoms in total. The molecular weight excluding hydrogens is 356 g/mol. The van der Waals surface area contributed by atoms with Gasteiger partial charge in [0.05, 0.1) is 12.0 Å². The summed E-state index contributed by atoms with van der Waals surface area (Å²) in [5.41, 5.74) is 3.35. The summed E-state index contributed by atoms with van der Waals surface area (Å²) in [6, 6.07) is 3.38.